The summed E-state index contributed by atoms with van der Waals surface area (Å²) in [6.45, 7) is 6.59. The molecule has 0 saturated heterocycles. The van der Waals surface area contributed by atoms with Crippen LogP contribution in [0.3, 0.4) is 0 Å². The predicted octanol–water partition coefficient (Wildman–Crippen LogP) is 27.1. The van der Waals surface area contributed by atoms with Gasteiger partial charge in [-0.2, -0.15) is 0 Å². The lowest BCUT2D eigenvalue weighted by Gasteiger charge is -2.26. The van der Waals surface area contributed by atoms with E-state index in [0.29, 0.717) is 11.7 Å². The molecule has 0 amide bonds. The number of anilines is 3. The first-order chi connectivity index (χ1) is 50.7. The summed E-state index contributed by atoms with van der Waals surface area (Å²) in [6, 6.07) is 112. The maximum absolute atomic E-state index is 7.70. The van der Waals surface area contributed by atoms with Crippen LogP contribution in [0.25, 0.3) is 187 Å². The number of pyridine rings is 1. The Balaban J connectivity index is 0.844. The van der Waals surface area contributed by atoms with Crippen LogP contribution in [-0.2, 0) is 0 Å². The number of benzene rings is 15. The van der Waals surface area contributed by atoms with E-state index in [9.17, 15) is 0 Å². The molecule has 484 valence electrons. The Morgan fingerprint density at radius 3 is 1.58 bits per heavy atom. The van der Waals surface area contributed by atoms with E-state index in [1.807, 2.05) is 18.6 Å². The number of hydrogen-bond donors (Lipinski definition) is 0. The second kappa shape index (κ2) is 24.0. The molecule has 0 atom stereocenters. The fraction of sp³-hybridized carbons (Fsp3) is 0.0412. The molecule has 0 aliphatic rings. The third-order valence-corrected chi connectivity index (χ3v) is 21.1. The molecule has 0 bridgehead atoms. The van der Waals surface area contributed by atoms with Gasteiger partial charge in [0.05, 0.1) is 11.4 Å². The first kappa shape index (κ1) is 59.7. The summed E-state index contributed by atoms with van der Waals surface area (Å²) in [5.41, 5.74) is 24.1. The molecule has 0 aliphatic carbocycles. The van der Waals surface area contributed by atoms with Crippen LogP contribution in [0.15, 0.2) is 337 Å². The van der Waals surface area contributed by atoms with Gasteiger partial charge in [0.15, 0.2) is 5.82 Å². The van der Waals surface area contributed by atoms with Crippen LogP contribution >= 0.6 is 0 Å². The molecule has 0 radical (unpaired) electrons. The molecule has 16 aromatic carbocycles. The second-order valence-electron chi connectivity index (χ2n) is 27.7. The van der Waals surface area contributed by atoms with E-state index in [4.69, 9.17) is 23.8 Å². The molecule has 6 nitrogen and oxygen atoms in total. The van der Waals surface area contributed by atoms with Crippen LogP contribution in [0.5, 0.6) is 0 Å². The van der Waals surface area contributed by atoms with Crippen molar-refractivity contribution < 1.29 is 8.83 Å². The molecule has 0 fully saturated rings. The van der Waals surface area contributed by atoms with Gasteiger partial charge in [0.25, 0.3) is 0 Å². The maximum atomic E-state index is 7.70. The van der Waals surface area contributed by atoms with E-state index in [2.05, 4.69) is 335 Å². The van der Waals surface area contributed by atoms with Gasteiger partial charge in [0.2, 0.25) is 0 Å². The van der Waals surface area contributed by atoms with Crippen LogP contribution in [0, 0.1) is 6.92 Å². The van der Waals surface area contributed by atoms with Crippen molar-refractivity contribution in [3.63, 3.8) is 0 Å². The first-order valence-electron chi connectivity index (χ1n) is 35.3. The number of nitrogens with zero attached hydrogens (tertiary/aromatic N) is 4. The highest BCUT2D eigenvalue weighted by molar-refractivity contribution is 6.38. The SMILES string of the molecule is Cc1cccc(N(c2cccc(-c3ccccc3)c2)c2cc3oc4c(-c5cnc(-c6ccccc6C(C)C)nc5)ccc5c6cc(-c7ccc(-c8ccccc8-c8ccc9ccccc9c8)cc7)cc7oc8cc(-c9ccc(-c%10cccc%11cc%12ccccc%12cc%10%11)nc9)cc(c(c2)c3c45)c8c76)c1. The van der Waals surface area contributed by atoms with E-state index in [0.717, 1.165) is 160 Å². The largest absolute Gasteiger partial charge is 0.456 e. The van der Waals surface area contributed by atoms with E-state index < -0.39 is 0 Å². The van der Waals surface area contributed by atoms with Crippen molar-refractivity contribution in [2.24, 2.45) is 0 Å². The van der Waals surface area contributed by atoms with Crippen molar-refractivity contribution in [2.45, 2.75) is 26.7 Å². The molecular formula is C97H64N4O2. The summed E-state index contributed by atoms with van der Waals surface area (Å²) >= 11 is 0. The Morgan fingerprint density at radius 1 is 0.282 bits per heavy atom. The quantitative estimate of drug-likeness (QED) is 0.114. The topological polar surface area (TPSA) is 68.2 Å². The fourth-order valence-electron chi connectivity index (χ4n) is 16.1. The Hall–Kier alpha value is -13.3. The predicted molar refractivity (Wildman–Crippen MR) is 430 cm³/mol. The van der Waals surface area contributed by atoms with Gasteiger partial charge in [0.1, 0.15) is 22.3 Å². The molecule has 20 rings (SSSR count). The van der Waals surface area contributed by atoms with Gasteiger partial charge in [-0.1, -0.05) is 232 Å². The van der Waals surface area contributed by atoms with Crippen LogP contribution in [-0.4, -0.2) is 15.0 Å². The third kappa shape index (κ3) is 10.1. The molecule has 0 spiro atoms. The molecule has 20 aromatic rings. The van der Waals surface area contributed by atoms with Crippen LogP contribution in [0.4, 0.5) is 17.1 Å². The molecule has 4 aromatic heterocycles. The highest BCUT2D eigenvalue weighted by Gasteiger charge is 2.27. The minimum absolute atomic E-state index is 0.292. The summed E-state index contributed by atoms with van der Waals surface area (Å²) in [5.74, 6) is 0.976. The molecule has 0 unspecified atom stereocenters. The Kier molecular flexibility index (Phi) is 13.9. The molecule has 4 heterocycles. The second-order valence-corrected chi connectivity index (χ2v) is 27.7. The van der Waals surface area contributed by atoms with Crippen LogP contribution in [0.2, 0.25) is 0 Å². The molecule has 0 aliphatic heterocycles. The van der Waals surface area contributed by atoms with E-state index in [-0.39, 0.29) is 0 Å². The van der Waals surface area contributed by atoms with E-state index in [1.165, 1.54) is 49.2 Å². The highest BCUT2D eigenvalue weighted by Crippen LogP contribution is 2.52. The van der Waals surface area contributed by atoms with Gasteiger partial charge in [0, 0.05) is 85.4 Å². The normalized spacial score (nSPS) is 11.9. The van der Waals surface area contributed by atoms with Crippen LogP contribution < -0.4 is 4.90 Å². The smallest absolute Gasteiger partial charge is 0.159 e. The van der Waals surface area contributed by atoms with Crippen molar-refractivity contribution in [3.05, 3.63) is 339 Å². The molecule has 6 heteroatoms. The Labute approximate surface area is 595 Å². The summed E-state index contributed by atoms with van der Waals surface area (Å²) in [4.78, 5) is 18.0. The number of rotatable bonds is 12. The fourth-order valence-corrected chi connectivity index (χ4v) is 16.1. The number of hydrogen-bond acceptors (Lipinski definition) is 6. The molecular weight excluding hydrogens is 1250 g/mol. The van der Waals surface area contributed by atoms with Crippen molar-refractivity contribution >= 4 is 115 Å². The third-order valence-electron chi connectivity index (χ3n) is 21.1. The first-order valence-corrected chi connectivity index (χ1v) is 35.3. The van der Waals surface area contributed by atoms with E-state index >= 15 is 0 Å². The van der Waals surface area contributed by atoms with Gasteiger partial charge >= 0.3 is 0 Å². The summed E-state index contributed by atoms with van der Waals surface area (Å²) in [5, 5.41) is 15.3. The minimum Gasteiger partial charge on any atom is -0.456 e. The standard InChI is InChI=1S/C97H64N4O2/c1-58(2)77-29-11-14-32-83(77)97-99-56-73(57-100-97)80-41-42-82-85-49-71(62-34-37-63(38-35-62)78-30-12-13-31-79(78)69-39-36-61-21-7-8-22-64(61)45-69)51-89-92(85)93-86(50-72(52-90(93)102-89)70-40-43-88(98-55-70)81-33-17-26-68-46-65-23-9-10-24-67(65)48-84(68)81)87-53-76(54-91-94(87)95(82)96(80)103-91)101(74-27-15-18-59(3)44-74)75-28-16-25-66(47-75)60-19-5-4-6-20-60/h4-58H,1-3H3. The number of aryl methyl sites for hydroxylation is 1. The number of furan rings is 2. The molecule has 0 saturated carbocycles. The lowest BCUT2D eigenvalue weighted by molar-refractivity contribution is 0.669. The zero-order chi connectivity index (χ0) is 68.4. The summed E-state index contributed by atoms with van der Waals surface area (Å²) in [7, 11) is 0. The van der Waals surface area contributed by atoms with E-state index in [1.54, 1.807) is 0 Å². The minimum atomic E-state index is 0.292. The maximum Gasteiger partial charge on any atom is 0.159 e. The average Bonchev–Trinajstić information content (AvgIpc) is 1.55. The Bertz CT molecular complexity index is 6770. The average molecular weight is 1320 g/mol. The van der Waals surface area contributed by atoms with Gasteiger partial charge in [-0.05, 0) is 213 Å². The lowest BCUT2D eigenvalue weighted by Crippen LogP contribution is -2.10. The highest BCUT2D eigenvalue weighted by atomic mass is 16.3. The monoisotopic (exact) mass is 1320 g/mol. The zero-order valence-corrected chi connectivity index (χ0v) is 56.9. The Morgan fingerprint density at radius 2 is 0.835 bits per heavy atom. The number of aromatic nitrogens is 3. The summed E-state index contributed by atoms with van der Waals surface area (Å²) in [6.07, 6.45) is 5.95. The van der Waals surface area contributed by atoms with Crippen molar-refractivity contribution in [1.29, 1.82) is 0 Å². The van der Waals surface area contributed by atoms with Crippen LogP contribution in [0.1, 0.15) is 30.9 Å². The van der Waals surface area contributed by atoms with Crippen molar-refractivity contribution in [1.82, 2.24) is 15.0 Å². The molecule has 0 N–H and O–H groups in total. The van der Waals surface area contributed by atoms with Gasteiger partial charge in [-0.25, -0.2) is 9.97 Å². The molecule has 103 heavy (non-hydrogen) atoms. The van der Waals surface area contributed by atoms with Crippen molar-refractivity contribution in [3.8, 4) is 89.4 Å². The summed E-state index contributed by atoms with van der Waals surface area (Å²) < 4.78 is 15.2. The zero-order valence-electron chi connectivity index (χ0n) is 56.9. The van der Waals surface area contributed by atoms with Gasteiger partial charge in [-0.15, -0.1) is 0 Å². The van der Waals surface area contributed by atoms with Crippen molar-refractivity contribution in [2.75, 3.05) is 4.90 Å². The van der Waals surface area contributed by atoms with Gasteiger partial charge < -0.3 is 13.7 Å². The number of fused-ring (bicyclic) bond motifs is 5. The van der Waals surface area contributed by atoms with Gasteiger partial charge in [-0.3, -0.25) is 4.98 Å². The lowest BCUT2D eigenvalue weighted by atomic mass is 9.89.